The summed E-state index contributed by atoms with van der Waals surface area (Å²) in [5, 5.41) is 3.20. The van der Waals surface area contributed by atoms with Gasteiger partial charge in [0.15, 0.2) is 0 Å². The first-order valence-corrected chi connectivity index (χ1v) is 7.37. The Morgan fingerprint density at radius 3 is 2.62 bits per heavy atom. The van der Waals surface area contributed by atoms with Gasteiger partial charge in [0.25, 0.3) is 5.91 Å². The number of hydrogen-bond acceptors (Lipinski definition) is 3. The van der Waals surface area contributed by atoms with Gasteiger partial charge in [-0.25, -0.2) is 0 Å². The summed E-state index contributed by atoms with van der Waals surface area (Å²) >= 11 is 3.34. The molecule has 1 aromatic carbocycles. The molecular formula is C14H19BrClN3O2. The highest BCUT2D eigenvalue weighted by atomic mass is 79.9. The first-order valence-electron chi connectivity index (χ1n) is 6.57. The zero-order valence-corrected chi connectivity index (χ0v) is 14.2. The third kappa shape index (κ3) is 4.98. The molecule has 0 atom stereocenters. The van der Waals surface area contributed by atoms with Gasteiger partial charge in [-0.05, 0) is 18.2 Å². The summed E-state index contributed by atoms with van der Waals surface area (Å²) in [7, 11) is 1.66. The smallest absolute Gasteiger partial charge is 0.254 e. The summed E-state index contributed by atoms with van der Waals surface area (Å²) in [5.74, 6) is -0.146. The predicted octanol–water partition coefficient (Wildman–Crippen LogP) is 1.37. The van der Waals surface area contributed by atoms with Gasteiger partial charge in [-0.2, -0.15) is 0 Å². The highest BCUT2D eigenvalue weighted by Crippen LogP contribution is 2.13. The molecule has 1 heterocycles. The van der Waals surface area contributed by atoms with Gasteiger partial charge in [0.05, 0.1) is 6.54 Å². The van der Waals surface area contributed by atoms with Crippen molar-refractivity contribution in [3.05, 3.63) is 34.3 Å². The summed E-state index contributed by atoms with van der Waals surface area (Å²) in [6, 6.07) is 7.18. The Bertz CT molecular complexity index is 507. The largest absolute Gasteiger partial charge is 0.339 e. The quantitative estimate of drug-likeness (QED) is 0.867. The molecule has 2 rings (SSSR count). The van der Waals surface area contributed by atoms with Gasteiger partial charge in [0.2, 0.25) is 5.91 Å². The summed E-state index contributed by atoms with van der Waals surface area (Å²) < 4.78 is 0.852. The van der Waals surface area contributed by atoms with E-state index in [0.717, 1.165) is 17.6 Å². The van der Waals surface area contributed by atoms with Crippen LogP contribution >= 0.6 is 28.3 Å². The SMILES string of the molecule is CN(CC(=O)N1CCNCC1)C(=O)c1cccc(Br)c1.Cl. The third-order valence-electron chi connectivity index (χ3n) is 3.26. The maximum absolute atomic E-state index is 12.2. The minimum atomic E-state index is -0.144. The fourth-order valence-corrected chi connectivity index (χ4v) is 2.53. The average Bonchev–Trinajstić information content (AvgIpc) is 2.47. The van der Waals surface area contributed by atoms with Gasteiger partial charge in [0.1, 0.15) is 0 Å². The van der Waals surface area contributed by atoms with Crippen molar-refractivity contribution in [3.63, 3.8) is 0 Å². The van der Waals surface area contributed by atoms with Crippen LogP contribution in [-0.2, 0) is 4.79 Å². The Morgan fingerprint density at radius 1 is 1.33 bits per heavy atom. The van der Waals surface area contributed by atoms with E-state index in [0.29, 0.717) is 18.7 Å². The summed E-state index contributed by atoms with van der Waals surface area (Å²) in [5.41, 5.74) is 0.579. The van der Waals surface area contributed by atoms with Crippen LogP contribution in [0.25, 0.3) is 0 Å². The van der Waals surface area contributed by atoms with Crippen molar-refractivity contribution in [1.29, 1.82) is 0 Å². The number of amides is 2. The van der Waals surface area contributed by atoms with Crippen LogP contribution in [0.3, 0.4) is 0 Å². The molecule has 0 unspecified atom stereocenters. The van der Waals surface area contributed by atoms with Crippen LogP contribution in [-0.4, -0.2) is 61.4 Å². The summed E-state index contributed by atoms with van der Waals surface area (Å²) in [6.07, 6.45) is 0. The average molecular weight is 377 g/mol. The number of likely N-dealkylation sites (N-methyl/N-ethyl adjacent to an activating group) is 1. The fourth-order valence-electron chi connectivity index (χ4n) is 2.13. The number of benzene rings is 1. The lowest BCUT2D eigenvalue weighted by atomic mass is 10.2. The molecule has 5 nitrogen and oxygen atoms in total. The number of rotatable bonds is 3. The van der Waals surface area contributed by atoms with E-state index in [-0.39, 0.29) is 30.8 Å². The van der Waals surface area contributed by atoms with Crippen molar-refractivity contribution in [2.24, 2.45) is 0 Å². The van der Waals surface area contributed by atoms with Gasteiger partial charge in [-0.15, -0.1) is 12.4 Å². The predicted molar refractivity (Wildman–Crippen MR) is 87.8 cm³/mol. The third-order valence-corrected chi connectivity index (χ3v) is 3.75. The Kier molecular flexibility index (Phi) is 7.14. The zero-order chi connectivity index (χ0) is 14.5. The molecule has 2 amide bonds. The number of carbonyl (C=O) groups is 2. The van der Waals surface area contributed by atoms with Gasteiger partial charge >= 0.3 is 0 Å². The van der Waals surface area contributed by atoms with E-state index in [1.54, 1.807) is 24.1 Å². The van der Waals surface area contributed by atoms with Crippen molar-refractivity contribution in [3.8, 4) is 0 Å². The van der Waals surface area contributed by atoms with E-state index in [9.17, 15) is 9.59 Å². The van der Waals surface area contributed by atoms with E-state index >= 15 is 0 Å². The molecule has 1 saturated heterocycles. The molecule has 0 spiro atoms. The Morgan fingerprint density at radius 2 is 2.00 bits per heavy atom. The van der Waals surface area contributed by atoms with Crippen LogP contribution < -0.4 is 5.32 Å². The zero-order valence-electron chi connectivity index (χ0n) is 11.8. The molecule has 1 aliphatic rings. The minimum absolute atomic E-state index is 0. The van der Waals surface area contributed by atoms with Crippen LogP contribution in [0.5, 0.6) is 0 Å². The van der Waals surface area contributed by atoms with Gasteiger partial charge in [-0.1, -0.05) is 22.0 Å². The van der Waals surface area contributed by atoms with Crippen molar-refractivity contribution >= 4 is 40.2 Å². The van der Waals surface area contributed by atoms with Crippen molar-refractivity contribution in [1.82, 2.24) is 15.1 Å². The lowest BCUT2D eigenvalue weighted by molar-refractivity contribution is -0.132. The Hall–Kier alpha value is -1.11. The molecular weight excluding hydrogens is 358 g/mol. The highest BCUT2D eigenvalue weighted by Gasteiger charge is 2.20. The topological polar surface area (TPSA) is 52.7 Å². The second-order valence-corrected chi connectivity index (χ2v) is 5.72. The van der Waals surface area contributed by atoms with Crippen LogP contribution in [0.2, 0.25) is 0 Å². The molecule has 0 saturated carbocycles. The molecule has 7 heteroatoms. The molecule has 0 bridgehead atoms. The highest BCUT2D eigenvalue weighted by molar-refractivity contribution is 9.10. The second-order valence-electron chi connectivity index (χ2n) is 4.80. The fraction of sp³-hybridized carbons (Fsp3) is 0.429. The maximum atomic E-state index is 12.2. The number of halogens is 2. The summed E-state index contributed by atoms with van der Waals surface area (Å²) in [4.78, 5) is 27.6. The van der Waals surface area contributed by atoms with Gasteiger partial charge in [-0.3, -0.25) is 9.59 Å². The first kappa shape index (κ1) is 17.9. The van der Waals surface area contributed by atoms with Crippen LogP contribution in [0.1, 0.15) is 10.4 Å². The van der Waals surface area contributed by atoms with Crippen molar-refractivity contribution < 1.29 is 9.59 Å². The van der Waals surface area contributed by atoms with Crippen LogP contribution in [0, 0.1) is 0 Å². The van der Waals surface area contributed by atoms with Crippen molar-refractivity contribution in [2.75, 3.05) is 39.8 Å². The molecule has 0 aromatic heterocycles. The lowest BCUT2D eigenvalue weighted by Gasteiger charge is -2.29. The Labute approximate surface area is 139 Å². The molecule has 1 aliphatic heterocycles. The molecule has 1 aromatic rings. The van der Waals surface area contributed by atoms with E-state index in [1.165, 1.54) is 4.90 Å². The number of piperazine rings is 1. The molecule has 0 aliphatic carbocycles. The lowest BCUT2D eigenvalue weighted by Crippen LogP contribution is -2.49. The standard InChI is InChI=1S/C14H18BrN3O2.ClH/c1-17(10-13(19)18-7-5-16-6-8-18)14(20)11-3-2-4-12(15)9-11;/h2-4,9,16H,5-8,10H2,1H3;1H. The van der Waals surface area contributed by atoms with E-state index in [2.05, 4.69) is 21.2 Å². The molecule has 21 heavy (non-hydrogen) atoms. The number of carbonyl (C=O) groups excluding carboxylic acids is 2. The molecule has 116 valence electrons. The monoisotopic (exact) mass is 375 g/mol. The minimum Gasteiger partial charge on any atom is -0.339 e. The van der Waals surface area contributed by atoms with Crippen LogP contribution in [0.15, 0.2) is 28.7 Å². The van der Waals surface area contributed by atoms with E-state index < -0.39 is 0 Å². The molecule has 1 fully saturated rings. The molecule has 1 N–H and O–H groups in total. The number of nitrogens with zero attached hydrogens (tertiary/aromatic N) is 2. The molecule has 0 radical (unpaired) electrons. The Balaban J connectivity index is 0.00000220. The summed E-state index contributed by atoms with van der Waals surface area (Å²) in [6.45, 7) is 3.16. The normalized spacial score (nSPS) is 14.3. The van der Waals surface area contributed by atoms with Gasteiger partial charge < -0.3 is 15.1 Å². The van der Waals surface area contributed by atoms with Gasteiger partial charge in [0, 0.05) is 43.3 Å². The van der Waals surface area contributed by atoms with E-state index in [4.69, 9.17) is 0 Å². The number of nitrogens with one attached hydrogen (secondary N) is 1. The van der Waals surface area contributed by atoms with Crippen LogP contribution in [0.4, 0.5) is 0 Å². The number of hydrogen-bond donors (Lipinski definition) is 1. The second kappa shape index (κ2) is 8.36. The first-order chi connectivity index (χ1) is 9.58. The maximum Gasteiger partial charge on any atom is 0.254 e. The van der Waals surface area contributed by atoms with E-state index in [1.807, 2.05) is 12.1 Å². The van der Waals surface area contributed by atoms with Crippen molar-refractivity contribution in [2.45, 2.75) is 0 Å².